The van der Waals surface area contributed by atoms with Crippen molar-refractivity contribution in [3.8, 4) is 0 Å². The number of thiophene rings is 1. The van der Waals surface area contributed by atoms with Crippen molar-refractivity contribution in [1.82, 2.24) is 10.2 Å². The van der Waals surface area contributed by atoms with Gasteiger partial charge in [0.2, 0.25) is 0 Å². The Kier molecular flexibility index (Phi) is 5.86. The molecule has 0 amide bonds. The monoisotopic (exact) mass is 280 g/mol. The molecule has 1 heterocycles. The SMILES string of the molecule is CCNCC1(CN(C)Cc2ccsc2)CCCCC1. The molecule has 1 aromatic heterocycles. The van der Waals surface area contributed by atoms with Crippen molar-refractivity contribution in [2.75, 3.05) is 26.7 Å². The minimum absolute atomic E-state index is 0.513. The Bertz CT molecular complexity index is 342. The van der Waals surface area contributed by atoms with Crippen molar-refractivity contribution in [3.05, 3.63) is 22.4 Å². The Hall–Kier alpha value is -0.380. The van der Waals surface area contributed by atoms with Crippen LogP contribution < -0.4 is 5.32 Å². The molecule has 0 saturated heterocycles. The molecule has 3 heteroatoms. The lowest BCUT2D eigenvalue weighted by atomic mass is 9.73. The fraction of sp³-hybridized carbons (Fsp3) is 0.750. The van der Waals surface area contributed by atoms with Gasteiger partial charge in [0, 0.05) is 19.6 Å². The van der Waals surface area contributed by atoms with Crippen molar-refractivity contribution in [3.63, 3.8) is 0 Å². The van der Waals surface area contributed by atoms with Gasteiger partial charge in [-0.2, -0.15) is 11.3 Å². The first kappa shape index (κ1) is 15.0. The summed E-state index contributed by atoms with van der Waals surface area (Å²) in [6.45, 7) is 6.83. The van der Waals surface area contributed by atoms with Crippen molar-refractivity contribution < 1.29 is 0 Å². The van der Waals surface area contributed by atoms with Gasteiger partial charge in [0.25, 0.3) is 0 Å². The third-order valence-electron chi connectivity index (χ3n) is 4.30. The summed E-state index contributed by atoms with van der Waals surface area (Å²) < 4.78 is 0. The molecule has 0 radical (unpaired) electrons. The van der Waals surface area contributed by atoms with Gasteiger partial charge in [-0.3, -0.25) is 0 Å². The van der Waals surface area contributed by atoms with Gasteiger partial charge >= 0.3 is 0 Å². The lowest BCUT2D eigenvalue weighted by molar-refractivity contribution is 0.114. The quantitative estimate of drug-likeness (QED) is 0.818. The first-order valence-corrected chi connectivity index (χ1v) is 8.59. The van der Waals surface area contributed by atoms with Crippen LogP contribution in [-0.4, -0.2) is 31.6 Å². The second-order valence-electron chi connectivity index (χ2n) is 6.14. The topological polar surface area (TPSA) is 15.3 Å². The van der Waals surface area contributed by atoms with E-state index in [0.717, 1.165) is 13.1 Å². The summed E-state index contributed by atoms with van der Waals surface area (Å²) in [5, 5.41) is 8.05. The van der Waals surface area contributed by atoms with Crippen LogP contribution in [0.15, 0.2) is 16.8 Å². The summed E-state index contributed by atoms with van der Waals surface area (Å²) in [5.41, 5.74) is 1.97. The molecule has 0 atom stereocenters. The molecule has 2 rings (SSSR count). The molecule has 1 aromatic rings. The van der Waals surface area contributed by atoms with Crippen LogP contribution in [-0.2, 0) is 6.54 Å². The van der Waals surface area contributed by atoms with E-state index >= 15 is 0 Å². The van der Waals surface area contributed by atoms with E-state index in [1.165, 1.54) is 50.8 Å². The van der Waals surface area contributed by atoms with Gasteiger partial charge < -0.3 is 10.2 Å². The number of nitrogens with zero attached hydrogens (tertiary/aromatic N) is 1. The summed E-state index contributed by atoms with van der Waals surface area (Å²) in [4.78, 5) is 2.52. The molecule has 0 bridgehead atoms. The highest BCUT2D eigenvalue weighted by Crippen LogP contribution is 2.36. The second-order valence-corrected chi connectivity index (χ2v) is 6.92. The Morgan fingerprint density at radius 1 is 1.32 bits per heavy atom. The molecule has 1 N–H and O–H groups in total. The molecular weight excluding hydrogens is 252 g/mol. The van der Waals surface area contributed by atoms with E-state index in [9.17, 15) is 0 Å². The highest BCUT2D eigenvalue weighted by molar-refractivity contribution is 7.07. The number of hydrogen-bond acceptors (Lipinski definition) is 3. The highest BCUT2D eigenvalue weighted by atomic mass is 32.1. The standard InChI is InChI=1S/C16H28N2S/c1-3-17-13-16(8-5-4-6-9-16)14-18(2)11-15-7-10-19-12-15/h7,10,12,17H,3-6,8-9,11,13-14H2,1-2H3. The van der Waals surface area contributed by atoms with Crippen LogP contribution in [0.2, 0.25) is 0 Å². The largest absolute Gasteiger partial charge is 0.316 e. The Morgan fingerprint density at radius 3 is 2.74 bits per heavy atom. The molecular formula is C16H28N2S. The molecule has 1 aliphatic carbocycles. The van der Waals surface area contributed by atoms with Crippen LogP contribution >= 0.6 is 11.3 Å². The van der Waals surface area contributed by atoms with Gasteiger partial charge in [0.15, 0.2) is 0 Å². The predicted molar refractivity (Wildman–Crippen MR) is 84.7 cm³/mol. The Labute approximate surface area is 122 Å². The third kappa shape index (κ3) is 4.59. The van der Waals surface area contributed by atoms with Crippen molar-refractivity contribution >= 4 is 11.3 Å². The highest BCUT2D eigenvalue weighted by Gasteiger charge is 2.32. The molecule has 0 aromatic carbocycles. The van der Waals surface area contributed by atoms with Gasteiger partial charge in [-0.25, -0.2) is 0 Å². The smallest absolute Gasteiger partial charge is 0.0239 e. The first-order chi connectivity index (χ1) is 9.24. The fourth-order valence-corrected chi connectivity index (χ4v) is 4.07. The van der Waals surface area contributed by atoms with Crippen LogP contribution in [0, 0.1) is 5.41 Å². The van der Waals surface area contributed by atoms with Gasteiger partial charge in [-0.05, 0) is 54.2 Å². The summed E-state index contributed by atoms with van der Waals surface area (Å²) in [7, 11) is 2.28. The van der Waals surface area contributed by atoms with Gasteiger partial charge in [-0.1, -0.05) is 26.2 Å². The zero-order valence-electron chi connectivity index (χ0n) is 12.5. The first-order valence-electron chi connectivity index (χ1n) is 7.64. The lowest BCUT2D eigenvalue weighted by Gasteiger charge is -2.40. The number of hydrogen-bond donors (Lipinski definition) is 1. The van der Waals surface area contributed by atoms with Crippen molar-refractivity contribution in [1.29, 1.82) is 0 Å². The van der Waals surface area contributed by atoms with Gasteiger partial charge in [0.1, 0.15) is 0 Å². The van der Waals surface area contributed by atoms with Crippen molar-refractivity contribution in [2.45, 2.75) is 45.6 Å². The maximum atomic E-state index is 3.60. The Morgan fingerprint density at radius 2 is 2.11 bits per heavy atom. The van der Waals surface area contributed by atoms with E-state index in [0.29, 0.717) is 5.41 Å². The second kappa shape index (κ2) is 7.41. The maximum Gasteiger partial charge on any atom is 0.0239 e. The zero-order chi connectivity index (χ0) is 13.6. The maximum absolute atomic E-state index is 3.60. The molecule has 0 unspecified atom stereocenters. The van der Waals surface area contributed by atoms with Gasteiger partial charge in [0.05, 0.1) is 0 Å². The fourth-order valence-electron chi connectivity index (χ4n) is 3.41. The van der Waals surface area contributed by atoms with E-state index in [4.69, 9.17) is 0 Å². The Balaban J connectivity index is 1.90. The molecule has 19 heavy (non-hydrogen) atoms. The summed E-state index contributed by atoms with van der Waals surface area (Å²) >= 11 is 1.80. The minimum atomic E-state index is 0.513. The third-order valence-corrected chi connectivity index (χ3v) is 5.03. The normalized spacial score (nSPS) is 18.9. The van der Waals surface area contributed by atoms with E-state index in [1.54, 1.807) is 11.3 Å². The molecule has 1 fully saturated rings. The molecule has 0 aliphatic heterocycles. The van der Waals surface area contributed by atoms with Crippen LogP contribution in [0.5, 0.6) is 0 Å². The van der Waals surface area contributed by atoms with E-state index < -0.39 is 0 Å². The van der Waals surface area contributed by atoms with Crippen molar-refractivity contribution in [2.24, 2.45) is 5.41 Å². The van der Waals surface area contributed by atoms with Crippen LogP contribution in [0.1, 0.15) is 44.6 Å². The van der Waals surface area contributed by atoms with Crippen LogP contribution in [0.4, 0.5) is 0 Å². The van der Waals surface area contributed by atoms with E-state index in [-0.39, 0.29) is 0 Å². The molecule has 1 saturated carbocycles. The minimum Gasteiger partial charge on any atom is -0.316 e. The predicted octanol–water partition coefficient (Wildman–Crippen LogP) is 3.74. The van der Waals surface area contributed by atoms with E-state index in [1.807, 2.05) is 0 Å². The molecule has 2 nitrogen and oxygen atoms in total. The summed E-state index contributed by atoms with van der Waals surface area (Å²) in [5.74, 6) is 0. The van der Waals surface area contributed by atoms with Gasteiger partial charge in [-0.15, -0.1) is 0 Å². The zero-order valence-corrected chi connectivity index (χ0v) is 13.3. The number of rotatable bonds is 7. The average Bonchev–Trinajstić information content (AvgIpc) is 2.90. The average molecular weight is 280 g/mol. The number of nitrogens with one attached hydrogen (secondary N) is 1. The molecule has 108 valence electrons. The summed E-state index contributed by atoms with van der Waals surface area (Å²) in [6, 6.07) is 2.25. The van der Waals surface area contributed by atoms with E-state index in [2.05, 4.69) is 41.0 Å². The molecule has 1 aliphatic rings. The van der Waals surface area contributed by atoms with Crippen LogP contribution in [0.3, 0.4) is 0 Å². The summed E-state index contributed by atoms with van der Waals surface area (Å²) in [6.07, 6.45) is 7.06. The molecule has 0 spiro atoms. The van der Waals surface area contributed by atoms with Crippen LogP contribution in [0.25, 0.3) is 0 Å². The lowest BCUT2D eigenvalue weighted by Crippen LogP contribution is -2.44.